The Labute approximate surface area is 85.3 Å². The molecule has 0 aromatic carbocycles. The topological polar surface area (TPSA) is 49.3 Å². The maximum Gasteiger partial charge on any atom is 0.300 e. The molecule has 0 aromatic heterocycles. The van der Waals surface area contributed by atoms with Gasteiger partial charge < -0.3 is 10.4 Å². The van der Waals surface area contributed by atoms with E-state index in [4.69, 9.17) is 9.90 Å². The van der Waals surface area contributed by atoms with Crippen LogP contribution in [0, 0.1) is 0 Å². The van der Waals surface area contributed by atoms with Gasteiger partial charge in [0.05, 0.1) is 0 Å². The Hall–Kier alpha value is -0.0900. The fraction of sp³-hybridized carbons (Fsp3) is 0.875. The molecule has 0 radical (unpaired) electrons. The van der Waals surface area contributed by atoms with Crippen molar-refractivity contribution in [2.75, 3.05) is 13.1 Å². The number of carbonyl (C=O) groups is 1. The monoisotopic (exact) mass is 241 g/mol. The first-order valence-electron chi connectivity index (χ1n) is 4.05. The lowest BCUT2D eigenvalue weighted by molar-refractivity contribution is -0.134. The number of nitrogens with one attached hydrogen (secondary N) is 1. The fourth-order valence-electron chi connectivity index (χ4n) is 0.479. The van der Waals surface area contributed by atoms with Crippen LogP contribution in [0.1, 0.15) is 33.6 Å². The Kier molecular flexibility index (Phi) is 25.5. The average Bonchev–Trinajstić information content (AvgIpc) is 1.88. The Morgan fingerprint density at radius 2 is 1.83 bits per heavy atom. The highest BCUT2D eigenvalue weighted by molar-refractivity contribution is 8.93. The van der Waals surface area contributed by atoms with Crippen LogP contribution in [0.5, 0.6) is 0 Å². The van der Waals surface area contributed by atoms with E-state index in [0.29, 0.717) is 0 Å². The molecule has 0 spiro atoms. The summed E-state index contributed by atoms with van der Waals surface area (Å²) in [6, 6.07) is 0. The molecule has 0 bridgehead atoms. The molecule has 12 heavy (non-hydrogen) atoms. The predicted octanol–water partition coefficient (Wildman–Crippen LogP) is 2.06. The van der Waals surface area contributed by atoms with Gasteiger partial charge in [0.25, 0.3) is 5.97 Å². The van der Waals surface area contributed by atoms with Crippen molar-refractivity contribution in [2.45, 2.75) is 33.6 Å². The third kappa shape index (κ3) is 51.5. The van der Waals surface area contributed by atoms with E-state index in [1.165, 1.54) is 19.4 Å². The van der Waals surface area contributed by atoms with E-state index in [0.717, 1.165) is 13.5 Å². The molecule has 3 nitrogen and oxygen atoms in total. The van der Waals surface area contributed by atoms with Crippen molar-refractivity contribution in [3.05, 3.63) is 0 Å². The lowest BCUT2D eigenvalue weighted by Crippen LogP contribution is -2.13. The summed E-state index contributed by atoms with van der Waals surface area (Å²) in [6.07, 6.45) is 2.61. The summed E-state index contributed by atoms with van der Waals surface area (Å²) >= 11 is 0. The molecule has 0 unspecified atom stereocenters. The number of carboxylic acids is 1. The molecule has 0 aromatic rings. The highest BCUT2D eigenvalue weighted by atomic mass is 79.9. The fourth-order valence-corrected chi connectivity index (χ4v) is 0.479. The van der Waals surface area contributed by atoms with E-state index in [1.54, 1.807) is 0 Å². The summed E-state index contributed by atoms with van der Waals surface area (Å²) in [7, 11) is 0. The van der Waals surface area contributed by atoms with E-state index in [9.17, 15) is 0 Å². The third-order valence-corrected chi connectivity index (χ3v) is 0.957. The number of aliphatic carboxylic acids is 1. The van der Waals surface area contributed by atoms with Gasteiger partial charge in [0, 0.05) is 6.92 Å². The Balaban J connectivity index is -0.000000142. The largest absolute Gasteiger partial charge is 0.481 e. The van der Waals surface area contributed by atoms with Crippen LogP contribution >= 0.6 is 17.0 Å². The quantitative estimate of drug-likeness (QED) is 0.742. The van der Waals surface area contributed by atoms with Crippen LogP contribution in [0.2, 0.25) is 0 Å². The standard InChI is InChI=1S/C6H15N.C2H4O2.BrH/c1-3-5-6-7-4-2;1-2(3)4;/h7H,3-6H2,1-2H3;1H3,(H,3,4);1H. The summed E-state index contributed by atoms with van der Waals surface area (Å²) in [5.41, 5.74) is 0. The minimum absolute atomic E-state index is 0. The van der Waals surface area contributed by atoms with Crippen LogP contribution in [0.15, 0.2) is 0 Å². The summed E-state index contributed by atoms with van der Waals surface area (Å²) in [4.78, 5) is 9.00. The number of carboxylic acid groups (broad SMARTS) is 1. The molecule has 0 atom stereocenters. The van der Waals surface area contributed by atoms with Crippen molar-refractivity contribution in [3.8, 4) is 0 Å². The first-order chi connectivity index (χ1) is 5.15. The van der Waals surface area contributed by atoms with Crippen LogP contribution in [0.4, 0.5) is 0 Å². The van der Waals surface area contributed by atoms with Crippen molar-refractivity contribution in [1.82, 2.24) is 5.32 Å². The van der Waals surface area contributed by atoms with Crippen molar-refractivity contribution in [3.63, 3.8) is 0 Å². The molecule has 2 N–H and O–H groups in total. The normalized spacial score (nSPS) is 7.58. The van der Waals surface area contributed by atoms with E-state index in [2.05, 4.69) is 19.2 Å². The minimum Gasteiger partial charge on any atom is -0.481 e. The van der Waals surface area contributed by atoms with E-state index >= 15 is 0 Å². The number of halogens is 1. The van der Waals surface area contributed by atoms with E-state index in [-0.39, 0.29) is 17.0 Å². The second-order valence-electron chi connectivity index (χ2n) is 2.23. The third-order valence-electron chi connectivity index (χ3n) is 0.957. The Morgan fingerprint density at radius 3 is 2.08 bits per heavy atom. The predicted molar refractivity (Wildman–Crippen MR) is 57.1 cm³/mol. The maximum absolute atomic E-state index is 9.00. The van der Waals surface area contributed by atoms with Crippen molar-refractivity contribution >= 4 is 23.0 Å². The average molecular weight is 242 g/mol. The molecule has 0 saturated carbocycles. The van der Waals surface area contributed by atoms with Gasteiger partial charge in [0.2, 0.25) is 0 Å². The second kappa shape index (κ2) is 17.1. The van der Waals surface area contributed by atoms with Gasteiger partial charge in [0.1, 0.15) is 0 Å². The molecule has 0 aliphatic rings. The van der Waals surface area contributed by atoms with Gasteiger partial charge in [-0.3, -0.25) is 4.79 Å². The highest BCUT2D eigenvalue weighted by Gasteiger charge is 1.77. The highest BCUT2D eigenvalue weighted by Crippen LogP contribution is 1.80. The molecule has 0 saturated heterocycles. The second-order valence-corrected chi connectivity index (χ2v) is 2.23. The van der Waals surface area contributed by atoms with Crippen LogP contribution in [0.3, 0.4) is 0 Å². The van der Waals surface area contributed by atoms with E-state index < -0.39 is 5.97 Å². The number of hydrogen-bond donors (Lipinski definition) is 2. The summed E-state index contributed by atoms with van der Waals surface area (Å²) in [5, 5.41) is 10.7. The van der Waals surface area contributed by atoms with Gasteiger partial charge in [0.15, 0.2) is 0 Å². The Bertz CT molecular complexity index is 81.1. The zero-order chi connectivity index (χ0) is 9.11. The summed E-state index contributed by atoms with van der Waals surface area (Å²) in [5.74, 6) is -0.833. The zero-order valence-corrected chi connectivity index (χ0v) is 9.81. The number of hydrogen-bond acceptors (Lipinski definition) is 2. The smallest absolute Gasteiger partial charge is 0.300 e. The first-order valence-corrected chi connectivity index (χ1v) is 4.05. The SMILES string of the molecule is Br.CC(=O)O.CCCCNCC. The lowest BCUT2D eigenvalue weighted by Gasteiger charge is -1.95. The number of unbranched alkanes of at least 4 members (excludes halogenated alkanes) is 1. The zero-order valence-electron chi connectivity index (χ0n) is 8.09. The lowest BCUT2D eigenvalue weighted by atomic mass is 10.3. The minimum atomic E-state index is -0.833. The molecule has 76 valence electrons. The summed E-state index contributed by atoms with van der Waals surface area (Å²) in [6.45, 7) is 7.72. The van der Waals surface area contributed by atoms with Crippen LogP contribution < -0.4 is 5.32 Å². The molecular formula is C8H20BrNO2. The van der Waals surface area contributed by atoms with Gasteiger partial charge in [-0.25, -0.2) is 0 Å². The Morgan fingerprint density at radius 1 is 1.42 bits per heavy atom. The first kappa shape index (κ1) is 17.9. The molecule has 0 aliphatic heterocycles. The maximum atomic E-state index is 9.00. The van der Waals surface area contributed by atoms with Gasteiger partial charge >= 0.3 is 0 Å². The van der Waals surface area contributed by atoms with Crippen LogP contribution in [-0.2, 0) is 4.79 Å². The summed E-state index contributed by atoms with van der Waals surface area (Å²) < 4.78 is 0. The van der Waals surface area contributed by atoms with Crippen molar-refractivity contribution in [1.29, 1.82) is 0 Å². The molecule has 0 heterocycles. The molecule has 0 fully saturated rings. The van der Waals surface area contributed by atoms with Gasteiger partial charge in [-0.15, -0.1) is 17.0 Å². The number of rotatable bonds is 4. The molecule has 4 heteroatoms. The molecule has 0 rings (SSSR count). The van der Waals surface area contributed by atoms with Crippen LogP contribution in [-0.4, -0.2) is 24.2 Å². The van der Waals surface area contributed by atoms with E-state index in [1.807, 2.05) is 0 Å². The molecular weight excluding hydrogens is 222 g/mol. The van der Waals surface area contributed by atoms with Gasteiger partial charge in [-0.05, 0) is 19.5 Å². The van der Waals surface area contributed by atoms with Crippen molar-refractivity contribution < 1.29 is 9.90 Å². The van der Waals surface area contributed by atoms with Gasteiger partial charge in [-0.1, -0.05) is 20.3 Å². The molecule has 0 amide bonds. The van der Waals surface area contributed by atoms with Gasteiger partial charge in [-0.2, -0.15) is 0 Å². The molecule has 0 aliphatic carbocycles. The van der Waals surface area contributed by atoms with Crippen LogP contribution in [0.25, 0.3) is 0 Å². The van der Waals surface area contributed by atoms with Crippen molar-refractivity contribution in [2.24, 2.45) is 0 Å².